The molecular formula is C16H16BrNO2. The lowest BCUT2D eigenvalue weighted by Crippen LogP contribution is -2.10. The minimum absolute atomic E-state index is 0.175. The van der Waals surface area contributed by atoms with Gasteiger partial charge in [-0.2, -0.15) is 0 Å². The van der Waals surface area contributed by atoms with Gasteiger partial charge in [0.15, 0.2) is 4.67 Å². The number of benzene rings is 1. The van der Waals surface area contributed by atoms with Gasteiger partial charge >= 0.3 is 0 Å². The lowest BCUT2D eigenvalue weighted by molar-refractivity contribution is -0.111. The van der Waals surface area contributed by atoms with Crippen molar-refractivity contribution in [1.82, 2.24) is 0 Å². The Bertz CT molecular complexity index is 629. The van der Waals surface area contributed by atoms with Gasteiger partial charge in [-0.1, -0.05) is 32.0 Å². The summed E-state index contributed by atoms with van der Waals surface area (Å²) in [6, 6.07) is 11.4. The molecule has 3 nitrogen and oxygen atoms in total. The van der Waals surface area contributed by atoms with E-state index in [1.54, 1.807) is 18.2 Å². The van der Waals surface area contributed by atoms with Crippen molar-refractivity contribution in [3.8, 4) is 0 Å². The van der Waals surface area contributed by atoms with Crippen LogP contribution in [0.1, 0.15) is 31.1 Å². The molecule has 0 aliphatic heterocycles. The van der Waals surface area contributed by atoms with Crippen LogP contribution in [0.5, 0.6) is 0 Å². The van der Waals surface area contributed by atoms with Crippen molar-refractivity contribution < 1.29 is 9.21 Å². The molecule has 0 aliphatic rings. The van der Waals surface area contributed by atoms with E-state index < -0.39 is 0 Å². The topological polar surface area (TPSA) is 42.2 Å². The second-order valence-electron chi connectivity index (χ2n) is 4.71. The molecule has 1 N–H and O–H groups in total. The van der Waals surface area contributed by atoms with Gasteiger partial charge in [-0.3, -0.25) is 4.79 Å². The second-order valence-corrected chi connectivity index (χ2v) is 5.49. The number of rotatable bonds is 4. The molecular weight excluding hydrogens is 318 g/mol. The Morgan fingerprint density at radius 1 is 1.25 bits per heavy atom. The summed E-state index contributed by atoms with van der Waals surface area (Å²) in [5.41, 5.74) is 1.97. The number of carbonyl (C=O) groups is 1. The third-order valence-corrected chi connectivity index (χ3v) is 3.26. The Balaban J connectivity index is 2.07. The summed E-state index contributed by atoms with van der Waals surface area (Å²) in [6.45, 7) is 4.20. The quantitative estimate of drug-likeness (QED) is 0.815. The summed E-state index contributed by atoms with van der Waals surface area (Å²) in [7, 11) is 0. The van der Waals surface area contributed by atoms with Crippen molar-refractivity contribution in [3.63, 3.8) is 0 Å². The largest absolute Gasteiger partial charge is 0.450 e. The lowest BCUT2D eigenvalue weighted by atomic mass is 10.0. The Hall–Kier alpha value is -1.81. The van der Waals surface area contributed by atoms with Crippen LogP contribution in [-0.4, -0.2) is 5.91 Å². The normalized spacial score (nSPS) is 11.2. The number of hydrogen-bond acceptors (Lipinski definition) is 2. The predicted molar refractivity (Wildman–Crippen MR) is 84.6 cm³/mol. The van der Waals surface area contributed by atoms with Gasteiger partial charge in [-0.15, -0.1) is 0 Å². The average molecular weight is 334 g/mol. The molecule has 1 heterocycles. The van der Waals surface area contributed by atoms with Gasteiger partial charge in [0, 0.05) is 11.8 Å². The first-order chi connectivity index (χ1) is 9.56. The van der Waals surface area contributed by atoms with E-state index in [0.29, 0.717) is 16.3 Å². The van der Waals surface area contributed by atoms with Gasteiger partial charge in [-0.25, -0.2) is 0 Å². The van der Waals surface area contributed by atoms with E-state index in [1.807, 2.05) is 24.3 Å². The molecule has 4 heteroatoms. The zero-order valence-electron chi connectivity index (χ0n) is 11.4. The molecule has 0 bridgehead atoms. The van der Waals surface area contributed by atoms with Crippen LogP contribution in [0.4, 0.5) is 5.69 Å². The zero-order chi connectivity index (χ0) is 14.5. The summed E-state index contributed by atoms with van der Waals surface area (Å²) in [5, 5.41) is 2.89. The van der Waals surface area contributed by atoms with Crippen LogP contribution < -0.4 is 5.32 Å². The van der Waals surface area contributed by atoms with Gasteiger partial charge in [0.2, 0.25) is 5.91 Å². The van der Waals surface area contributed by atoms with Crippen molar-refractivity contribution in [2.24, 2.45) is 0 Å². The number of para-hydroxylation sites is 1. The van der Waals surface area contributed by atoms with Crippen molar-refractivity contribution >= 4 is 33.6 Å². The fourth-order valence-corrected chi connectivity index (χ4v) is 2.18. The van der Waals surface area contributed by atoms with Crippen LogP contribution in [0.3, 0.4) is 0 Å². The maximum atomic E-state index is 11.9. The number of anilines is 1. The molecule has 0 spiro atoms. The highest BCUT2D eigenvalue weighted by molar-refractivity contribution is 9.10. The molecule has 1 amide bonds. The fraction of sp³-hybridized carbons (Fsp3) is 0.188. The Morgan fingerprint density at radius 3 is 2.65 bits per heavy atom. The number of hydrogen-bond donors (Lipinski definition) is 1. The summed E-state index contributed by atoms with van der Waals surface area (Å²) in [4.78, 5) is 11.9. The first-order valence-corrected chi connectivity index (χ1v) is 7.19. The molecule has 0 radical (unpaired) electrons. The molecule has 0 unspecified atom stereocenters. The molecule has 2 aromatic rings. The van der Waals surface area contributed by atoms with Crippen LogP contribution in [0.2, 0.25) is 0 Å². The van der Waals surface area contributed by atoms with Crippen molar-refractivity contribution in [3.05, 3.63) is 58.5 Å². The number of carbonyl (C=O) groups excluding carboxylic acids is 1. The molecule has 1 aromatic carbocycles. The third kappa shape index (κ3) is 3.84. The standard InChI is InChI=1S/C16H16BrNO2/c1-11(2)13-5-3-4-6-14(13)18-16(19)10-8-12-7-9-15(17)20-12/h3-11H,1-2H3,(H,18,19). The third-order valence-electron chi connectivity index (χ3n) is 2.83. The fourth-order valence-electron chi connectivity index (χ4n) is 1.86. The molecule has 1 aromatic heterocycles. The predicted octanol–water partition coefficient (Wildman–Crippen LogP) is 4.82. The Kier molecular flexibility index (Phi) is 4.79. The minimum Gasteiger partial charge on any atom is -0.450 e. The van der Waals surface area contributed by atoms with Crippen molar-refractivity contribution in [2.45, 2.75) is 19.8 Å². The van der Waals surface area contributed by atoms with Gasteiger partial charge in [0.25, 0.3) is 0 Å². The Labute approximate surface area is 126 Å². The SMILES string of the molecule is CC(C)c1ccccc1NC(=O)C=Cc1ccc(Br)o1. The number of furan rings is 1. The van der Waals surface area contributed by atoms with E-state index in [2.05, 4.69) is 35.1 Å². The highest BCUT2D eigenvalue weighted by Gasteiger charge is 2.07. The van der Waals surface area contributed by atoms with E-state index in [1.165, 1.54) is 6.08 Å². The maximum absolute atomic E-state index is 11.9. The van der Waals surface area contributed by atoms with Crippen LogP contribution in [0.25, 0.3) is 6.08 Å². The summed E-state index contributed by atoms with van der Waals surface area (Å²) < 4.78 is 5.94. The van der Waals surface area contributed by atoms with E-state index in [4.69, 9.17) is 4.42 Å². The molecule has 0 atom stereocenters. The van der Waals surface area contributed by atoms with Gasteiger partial charge in [-0.05, 0) is 51.7 Å². The number of halogens is 1. The number of nitrogens with one attached hydrogen (secondary N) is 1. The van der Waals surface area contributed by atoms with Crippen LogP contribution >= 0.6 is 15.9 Å². The van der Waals surface area contributed by atoms with Gasteiger partial charge in [0.1, 0.15) is 5.76 Å². The van der Waals surface area contributed by atoms with Crippen LogP contribution in [-0.2, 0) is 4.79 Å². The van der Waals surface area contributed by atoms with Gasteiger partial charge in [0.05, 0.1) is 0 Å². The van der Waals surface area contributed by atoms with Crippen molar-refractivity contribution in [1.29, 1.82) is 0 Å². The van der Waals surface area contributed by atoms with E-state index in [9.17, 15) is 4.79 Å². The van der Waals surface area contributed by atoms with E-state index in [-0.39, 0.29) is 5.91 Å². The minimum atomic E-state index is -0.175. The Morgan fingerprint density at radius 2 is 2.00 bits per heavy atom. The highest BCUT2D eigenvalue weighted by Crippen LogP contribution is 2.23. The maximum Gasteiger partial charge on any atom is 0.248 e. The molecule has 0 fully saturated rings. The molecule has 104 valence electrons. The molecule has 0 saturated carbocycles. The summed E-state index contributed by atoms with van der Waals surface area (Å²) >= 11 is 3.22. The van der Waals surface area contributed by atoms with Crippen LogP contribution in [0.15, 0.2) is 51.6 Å². The molecule has 0 aliphatic carbocycles. The van der Waals surface area contributed by atoms with Crippen molar-refractivity contribution in [2.75, 3.05) is 5.32 Å². The summed E-state index contributed by atoms with van der Waals surface area (Å²) in [6.07, 6.45) is 3.10. The second kappa shape index (κ2) is 6.57. The molecule has 20 heavy (non-hydrogen) atoms. The lowest BCUT2D eigenvalue weighted by Gasteiger charge is -2.12. The summed E-state index contributed by atoms with van der Waals surface area (Å²) in [5.74, 6) is 0.811. The van der Waals surface area contributed by atoms with Gasteiger partial charge < -0.3 is 9.73 Å². The van der Waals surface area contributed by atoms with E-state index in [0.717, 1.165) is 11.3 Å². The highest BCUT2D eigenvalue weighted by atomic mass is 79.9. The zero-order valence-corrected chi connectivity index (χ0v) is 13.0. The first-order valence-electron chi connectivity index (χ1n) is 6.39. The van der Waals surface area contributed by atoms with E-state index >= 15 is 0 Å². The monoisotopic (exact) mass is 333 g/mol. The molecule has 2 rings (SSSR count). The van der Waals surface area contributed by atoms with Crippen LogP contribution in [0, 0.1) is 0 Å². The first kappa shape index (κ1) is 14.6. The number of amides is 1. The average Bonchev–Trinajstić information content (AvgIpc) is 2.83. The smallest absolute Gasteiger partial charge is 0.248 e. The molecule has 0 saturated heterocycles.